The van der Waals surface area contributed by atoms with E-state index < -0.39 is 46.0 Å². The summed E-state index contributed by atoms with van der Waals surface area (Å²) in [5.74, 6) is -1.88. The Bertz CT molecular complexity index is 1400. The van der Waals surface area contributed by atoms with E-state index in [0.29, 0.717) is 0 Å². The van der Waals surface area contributed by atoms with Crippen molar-refractivity contribution >= 4 is 35.8 Å². The van der Waals surface area contributed by atoms with Crippen molar-refractivity contribution in [2.45, 2.75) is 37.6 Å². The van der Waals surface area contributed by atoms with Crippen molar-refractivity contribution in [2.24, 2.45) is 0 Å². The third kappa shape index (κ3) is 4.72. The van der Waals surface area contributed by atoms with Crippen LogP contribution in [-0.2, 0) is 17.5 Å². The second-order valence-corrected chi connectivity index (χ2v) is 9.08. The number of thiol groups is 1. The molecule has 0 radical (unpaired) electrons. The van der Waals surface area contributed by atoms with E-state index in [2.05, 4.69) is 22.9 Å². The highest BCUT2D eigenvalue weighted by molar-refractivity contribution is 7.81. The molecule has 0 saturated carbocycles. The van der Waals surface area contributed by atoms with Gasteiger partial charge >= 0.3 is 6.18 Å². The van der Waals surface area contributed by atoms with Crippen LogP contribution >= 0.6 is 12.6 Å². The topological polar surface area (TPSA) is 102 Å². The number of nitriles is 1. The first-order valence-corrected chi connectivity index (χ1v) is 11.3. The molecule has 0 bridgehead atoms. The van der Waals surface area contributed by atoms with Crippen molar-refractivity contribution in [1.29, 1.82) is 5.26 Å². The molecule has 8 nitrogen and oxygen atoms in total. The maximum absolute atomic E-state index is 15.0. The third-order valence-corrected chi connectivity index (χ3v) is 6.39. The van der Waals surface area contributed by atoms with Gasteiger partial charge in [-0.05, 0) is 44.2 Å². The zero-order chi connectivity index (χ0) is 27.1. The minimum atomic E-state index is -4.81. The van der Waals surface area contributed by atoms with Crippen molar-refractivity contribution in [3.05, 3.63) is 77.3 Å². The summed E-state index contributed by atoms with van der Waals surface area (Å²) in [6.07, 6.45) is -2.51. The van der Waals surface area contributed by atoms with E-state index in [1.807, 2.05) is 0 Å². The summed E-state index contributed by atoms with van der Waals surface area (Å²) in [4.78, 5) is 31.5. The van der Waals surface area contributed by atoms with Crippen molar-refractivity contribution in [1.82, 2.24) is 10.3 Å². The molecule has 37 heavy (non-hydrogen) atoms. The predicted octanol–water partition coefficient (Wildman–Crippen LogP) is 4.48. The quantitative estimate of drug-likeness (QED) is 0.371. The number of hydrogen-bond acceptors (Lipinski definition) is 7. The maximum Gasteiger partial charge on any atom is 0.417 e. The number of aromatic nitrogens is 1. The first kappa shape index (κ1) is 26.0. The summed E-state index contributed by atoms with van der Waals surface area (Å²) in [7, 11) is 0. The molecule has 1 fully saturated rings. The van der Waals surface area contributed by atoms with E-state index in [-0.39, 0.29) is 29.2 Å². The molecule has 4 rings (SSSR count). The molecule has 0 aliphatic carbocycles. The number of hydrogen-bond donors (Lipinski definition) is 2. The lowest BCUT2D eigenvalue weighted by molar-refractivity contribution is -0.137. The molecular formula is C24H19F4N5O3S. The highest BCUT2D eigenvalue weighted by Crippen LogP contribution is 2.42. The standard InChI is InChI=1S/C24H19F4N5O3S/c1-23(2)21(35)32(15-5-3-13(9-29)17(7-15)24(26,27)28)22(37)33(23)16-6-4-14(18(25)8-16)10-31-20(34)19-11-30-12-36-19/h3-8,11-12,22,37H,10H2,1-2H3,(H,31,34). The van der Waals surface area contributed by atoms with Gasteiger partial charge in [0.25, 0.3) is 11.8 Å². The molecular weight excluding hydrogens is 514 g/mol. The Morgan fingerprint density at radius 2 is 1.95 bits per heavy atom. The van der Waals surface area contributed by atoms with Gasteiger partial charge in [-0.1, -0.05) is 6.07 Å². The van der Waals surface area contributed by atoms with Crippen LogP contribution in [0.3, 0.4) is 0 Å². The zero-order valence-electron chi connectivity index (χ0n) is 19.4. The Balaban J connectivity index is 1.62. The molecule has 2 aromatic carbocycles. The average Bonchev–Trinajstić information content (AvgIpc) is 3.43. The monoisotopic (exact) mass is 533 g/mol. The lowest BCUT2D eigenvalue weighted by atomic mass is 10.0. The number of halogens is 4. The van der Waals surface area contributed by atoms with Crippen LogP contribution in [0.2, 0.25) is 0 Å². The molecule has 192 valence electrons. The maximum atomic E-state index is 15.0. The van der Waals surface area contributed by atoms with Gasteiger partial charge in [-0.15, -0.1) is 12.6 Å². The van der Waals surface area contributed by atoms with Crippen LogP contribution in [0.25, 0.3) is 0 Å². The highest BCUT2D eigenvalue weighted by atomic mass is 32.1. The molecule has 1 aliphatic rings. The van der Waals surface area contributed by atoms with Crippen LogP contribution in [-0.4, -0.2) is 27.8 Å². The molecule has 13 heteroatoms. The van der Waals surface area contributed by atoms with Gasteiger partial charge in [0.2, 0.25) is 5.76 Å². The van der Waals surface area contributed by atoms with E-state index in [0.717, 1.165) is 29.5 Å². The van der Waals surface area contributed by atoms with Crippen LogP contribution in [0.1, 0.15) is 41.1 Å². The normalized spacial score (nSPS) is 17.1. The molecule has 1 aliphatic heterocycles. The van der Waals surface area contributed by atoms with Crippen LogP contribution in [0.5, 0.6) is 0 Å². The lowest BCUT2D eigenvalue weighted by Crippen LogP contribution is -2.45. The summed E-state index contributed by atoms with van der Waals surface area (Å²) < 4.78 is 60.4. The van der Waals surface area contributed by atoms with Crippen molar-refractivity contribution in [2.75, 3.05) is 9.80 Å². The fourth-order valence-electron chi connectivity index (χ4n) is 4.05. The van der Waals surface area contributed by atoms with E-state index in [4.69, 9.17) is 9.68 Å². The van der Waals surface area contributed by atoms with Gasteiger partial charge in [-0.2, -0.15) is 18.4 Å². The van der Waals surface area contributed by atoms with Crippen molar-refractivity contribution in [3.8, 4) is 6.07 Å². The molecule has 2 amide bonds. The van der Waals surface area contributed by atoms with Crippen molar-refractivity contribution in [3.63, 3.8) is 0 Å². The molecule has 1 aromatic heterocycles. The highest BCUT2D eigenvalue weighted by Gasteiger charge is 2.51. The smallest absolute Gasteiger partial charge is 0.417 e. The molecule has 1 atom stereocenters. The summed E-state index contributed by atoms with van der Waals surface area (Å²) in [5.41, 5.74) is -3.88. The van der Waals surface area contributed by atoms with Crippen molar-refractivity contribution < 1.29 is 31.6 Å². The fourth-order valence-corrected chi connectivity index (χ4v) is 4.71. The first-order chi connectivity index (χ1) is 17.4. The number of oxazole rings is 1. The number of alkyl halides is 3. The number of carbonyl (C=O) groups excluding carboxylic acids is 2. The number of carbonyl (C=O) groups is 2. The number of nitrogens with one attached hydrogen (secondary N) is 1. The molecule has 1 unspecified atom stereocenters. The summed E-state index contributed by atoms with van der Waals surface area (Å²) in [5, 5.41) is 11.6. The third-order valence-electron chi connectivity index (χ3n) is 5.92. The van der Waals surface area contributed by atoms with Crippen LogP contribution < -0.4 is 15.1 Å². The Kier molecular flexibility index (Phi) is 6.64. The van der Waals surface area contributed by atoms with Gasteiger partial charge < -0.3 is 14.6 Å². The SMILES string of the molecule is CC1(C)C(=O)N(c2ccc(C#N)c(C(F)(F)F)c2)C(S)N1c1ccc(CNC(=O)c2cnco2)c(F)c1. The number of amides is 2. The van der Waals surface area contributed by atoms with Gasteiger partial charge in [0.05, 0.1) is 23.4 Å². The van der Waals surface area contributed by atoms with Crippen LogP contribution in [0.4, 0.5) is 28.9 Å². The average molecular weight is 534 g/mol. The minimum absolute atomic E-state index is 0.0381. The van der Waals surface area contributed by atoms with E-state index >= 15 is 0 Å². The molecule has 0 spiro atoms. The second-order valence-electron chi connectivity index (χ2n) is 8.61. The molecule has 1 N–H and O–H groups in total. The number of benzene rings is 2. The van der Waals surface area contributed by atoms with Gasteiger partial charge in [-0.25, -0.2) is 9.37 Å². The van der Waals surface area contributed by atoms with Crippen LogP contribution in [0.15, 0.2) is 53.4 Å². The van der Waals surface area contributed by atoms with Crippen LogP contribution in [0, 0.1) is 17.1 Å². The molecule has 3 aromatic rings. The van der Waals surface area contributed by atoms with Gasteiger partial charge in [0.1, 0.15) is 11.4 Å². The largest absolute Gasteiger partial charge is 0.438 e. The Morgan fingerprint density at radius 1 is 1.24 bits per heavy atom. The minimum Gasteiger partial charge on any atom is -0.438 e. The Labute approximate surface area is 213 Å². The molecule has 1 saturated heterocycles. The Hall–Kier alpha value is -4.05. The summed E-state index contributed by atoms with van der Waals surface area (Å²) >= 11 is 4.48. The zero-order valence-corrected chi connectivity index (χ0v) is 20.3. The second kappa shape index (κ2) is 9.44. The van der Waals surface area contributed by atoms with E-state index in [9.17, 15) is 27.2 Å². The first-order valence-electron chi connectivity index (χ1n) is 10.7. The summed E-state index contributed by atoms with van der Waals surface area (Å²) in [6, 6.07) is 8.52. The van der Waals surface area contributed by atoms with Gasteiger partial charge in [-0.3, -0.25) is 14.5 Å². The Morgan fingerprint density at radius 3 is 2.54 bits per heavy atom. The molecule has 2 heterocycles. The van der Waals surface area contributed by atoms with Gasteiger partial charge in [0.15, 0.2) is 11.9 Å². The fraction of sp³-hybridized carbons (Fsp3) is 0.250. The van der Waals surface area contributed by atoms with E-state index in [1.54, 1.807) is 0 Å². The van der Waals surface area contributed by atoms with E-state index in [1.165, 1.54) is 49.2 Å². The number of nitrogens with zero attached hydrogens (tertiary/aromatic N) is 4. The summed E-state index contributed by atoms with van der Waals surface area (Å²) in [6.45, 7) is 2.92. The predicted molar refractivity (Wildman–Crippen MR) is 127 cm³/mol. The number of anilines is 2. The number of rotatable bonds is 5. The van der Waals surface area contributed by atoms with Gasteiger partial charge in [0, 0.05) is 23.5 Å². The lowest BCUT2D eigenvalue weighted by Gasteiger charge is -2.33.